The molecule has 0 spiro atoms. The number of benzene rings is 4. The number of halogens is 2. The molecule has 2 unspecified atom stereocenters. The summed E-state index contributed by atoms with van der Waals surface area (Å²) < 4.78 is 67.1. The Morgan fingerprint density at radius 1 is 0.392 bits per heavy atom. The monoisotopic (exact) mass is 1140 g/mol. The van der Waals surface area contributed by atoms with Crippen molar-refractivity contribution < 1.29 is 57.0 Å². The molecule has 0 amide bonds. The molecule has 400 valence electrons. The molecule has 2 atom stereocenters. The Hall–Kier alpha value is -4.82. The van der Waals surface area contributed by atoms with E-state index in [1.165, 1.54) is 13.8 Å². The molecular formula is C60H74Br2O12. The van der Waals surface area contributed by atoms with Crippen molar-refractivity contribution in [3.63, 3.8) is 0 Å². The second-order valence-electron chi connectivity index (χ2n) is 20.4. The highest BCUT2D eigenvalue weighted by Crippen LogP contribution is 2.59. The summed E-state index contributed by atoms with van der Waals surface area (Å²) in [4.78, 5) is 25.8. The number of unbranched alkanes of at least 4 members (excludes halogenated alkanes) is 8. The number of rotatable bonds is 22. The zero-order chi connectivity index (χ0) is 51.9. The van der Waals surface area contributed by atoms with Gasteiger partial charge in [0.2, 0.25) is 27.2 Å². The molecule has 14 heteroatoms. The Balaban J connectivity index is 1.49. The molecule has 0 aromatic heterocycles. The van der Waals surface area contributed by atoms with Gasteiger partial charge in [-0.05, 0) is 49.9 Å². The van der Waals surface area contributed by atoms with Crippen LogP contribution >= 0.6 is 31.9 Å². The molecule has 74 heavy (non-hydrogen) atoms. The average Bonchev–Trinajstić information content (AvgIpc) is 3.37. The van der Waals surface area contributed by atoms with Gasteiger partial charge in [-0.3, -0.25) is 9.59 Å². The highest BCUT2D eigenvalue weighted by Gasteiger charge is 2.41. The molecule has 0 fully saturated rings. The van der Waals surface area contributed by atoms with Gasteiger partial charge >= 0.3 is 11.9 Å². The summed E-state index contributed by atoms with van der Waals surface area (Å²) in [7, 11) is 0. The maximum absolute atomic E-state index is 12.9. The summed E-state index contributed by atoms with van der Waals surface area (Å²) in [5.74, 6) is 3.59. The SMILES string of the molecule is CCCCCC1c2cc3c4c(CBr)c2OCOc2c1cc1c(c2CBr)OCOc2c(cc5c(c2COC(C)=O)OCOc2c(cc(c(c2COC(C)=O)OCO4)C3CCCCC)C5CCCCC)C1CCCCC. The molecule has 4 aromatic carbocycles. The number of hydrogen-bond donors (Lipinski definition) is 0. The van der Waals surface area contributed by atoms with Crippen LogP contribution in [0.5, 0.6) is 46.0 Å². The van der Waals surface area contributed by atoms with Gasteiger partial charge in [-0.15, -0.1) is 0 Å². The van der Waals surface area contributed by atoms with Crippen LogP contribution in [0.1, 0.15) is 235 Å². The maximum Gasteiger partial charge on any atom is 0.302 e. The molecule has 0 radical (unpaired) electrons. The number of carbonyl (C=O) groups excluding carboxylic acids is 2. The second kappa shape index (κ2) is 24.9. The zero-order valence-corrected chi connectivity index (χ0v) is 47.4. The molecular weight excluding hydrogens is 1070 g/mol. The fourth-order valence-corrected chi connectivity index (χ4v) is 13.2. The van der Waals surface area contributed by atoms with Crippen LogP contribution in [0.4, 0.5) is 0 Å². The van der Waals surface area contributed by atoms with Crippen molar-refractivity contribution in [1.29, 1.82) is 0 Å². The lowest BCUT2D eigenvalue weighted by Gasteiger charge is -2.37. The maximum atomic E-state index is 12.9. The topological polar surface area (TPSA) is 126 Å². The molecule has 1 aliphatic carbocycles. The minimum absolute atomic E-state index is 0.0332. The van der Waals surface area contributed by atoms with Crippen molar-refractivity contribution >= 4 is 43.8 Å². The summed E-state index contributed by atoms with van der Waals surface area (Å²) in [6, 6.07) is 9.43. The Kier molecular flexibility index (Phi) is 18.2. The number of carbonyl (C=O) groups is 2. The van der Waals surface area contributed by atoms with Crippen LogP contribution in [-0.2, 0) is 42.9 Å². The first-order valence-corrected chi connectivity index (χ1v) is 29.6. The van der Waals surface area contributed by atoms with Gasteiger partial charge in [0.05, 0.1) is 11.1 Å². The third kappa shape index (κ3) is 10.8. The average molecular weight is 1150 g/mol. The van der Waals surface area contributed by atoms with Crippen LogP contribution in [0.15, 0.2) is 24.3 Å². The van der Waals surface area contributed by atoms with Crippen molar-refractivity contribution in [3.05, 3.63) is 91.0 Å². The summed E-state index contributed by atoms with van der Waals surface area (Å²) >= 11 is 7.92. The van der Waals surface area contributed by atoms with E-state index in [0.717, 1.165) is 181 Å². The molecule has 8 bridgehead atoms. The van der Waals surface area contributed by atoms with Crippen LogP contribution in [0.25, 0.3) is 0 Å². The molecule has 0 saturated heterocycles. The number of ether oxygens (including phenoxy) is 10. The predicted molar refractivity (Wildman–Crippen MR) is 290 cm³/mol. The lowest BCUT2D eigenvalue weighted by molar-refractivity contribution is -0.143. The molecule has 0 N–H and O–H groups in total. The molecule has 0 saturated carbocycles. The smallest absolute Gasteiger partial charge is 0.302 e. The largest absolute Gasteiger partial charge is 0.461 e. The number of alkyl halides is 2. The lowest BCUT2D eigenvalue weighted by Crippen LogP contribution is -2.25. The van der Waals surface area contributed by atoms with Crippen molar-refractivity contribution in [3.8, 4) is 46.0 Å². The van der Waals surface area contributed by atoms with E-state index in [4.69, 9.17) is 47.4 Å². The highest BCUT2D eigenvalue weighted by atomic mass is 79.9. The summed E-state index contributed by atoms with van der Waals surface area (Å²) in [6.45, 7) is 11.2. The first-order valence-electron chi connectivity index (χ1n) is 27.4. The highest BCUT2D eigenvalue weighted by molar-refractivity contribution is 9.08. The van der Waals surface area contributed by atoms with Crippen molar-refractivity contribution in [2.45, 2.75) is 192 Å². The van der Waals surface area contributed by atoms with Crippen molar-refractivity contribution in [1.82, 2.24) is 0 Å². The number of hydrogen-bond acceptors (Lipinski definition) is 12. The van der Waals surface area contributed by atoms with Gasteiger partial charge in [-0.2, -0.15) is 0 Å². The van der Waals surface area contributed by atoms with Crippen LogP contribution in [0, 0.1) is 0 Å². The van der Waals surface area contributed by atoms with E-state index in [-0.39, 0.29) is 64.1 Å². The van der Waals surface area contributed by atoms with Gasteiger partial charge in [-0.1, -0.05) is 137 Å². The van der Waals surface area contributed by atoms with E-state index in [1.807, 2.05) is 0 Å². The van der Waals surface area contributed by atoms with Crippen LogP contribution in [0.2, 0.25) is 0 Å². The third-order valence-corrected chi connectivity index (χ3v) is 16.8. The minimum Gasteiger partial charge on any atom is -0.461 e. The standard InChI is InChI=1S/C60H74Br2O12/c1-7-11-15-19-37-41-23-43-38(20-16-12-8-2)45-25-47-40(22-18-14-10-4)48-26-46-39(21-17-13-9-3)44-24-42(37)54-50(28-62)56(44)70-33-72-58(46)52(30-66-36(6)64)60(48)74-34-73-59(47)51(29-65-35(5)63)57(45)71-32-69-55(43)49(27-61)53(41)67-31-68-54/h23-26,37-40H,7-22,27-34H2,1-6H3. The Bertz CT molecular complexity index is 2510. The minimum atomic E-state index is -0.416. The molecule has 9 rings (SSSR count). The third-order valence-electron chi connectivity index (χ3n) is 15.7. The Morgan fingerprint density at radius 2 is 0.608 bits per heavy atom. The molecule has 4 aromatic rings. The van der Waals surface area contributed by atoms with Crippen molar-refractivity contribution in [2.24, 2.45) is 0 Å². The van der Waals surface area contributed by atoms with Crippen LogP contribution < -0.4 is 37.9 Å². The van der Waals surface area contributed by atoms with E-state index in [9.17, 15) is 9.59 Å². The van der Waals surface area contributed by atoms with Gasteiger partial charge in [0, 0.05) is 104 Å². The van der Waals surface area contributed by atoms with Crippen molar-refractivity contribution in [2.75, 3.05) is 27.2 Å². The summed E-state index contributed by atoms with van der Waals surface area (Å²) in [5.41, 5.74) is 11.3. The molecule has 12 nitrogen and oxygen atoms in total. The Morgan fingerprint density at radius 3 is 0.797 bits per heavy atom. The normalized spacial score (nSPS) is 18.5. The summed E-state index contributed by atoms with van der Waals surface area (Å²) in [6.07, 6.45) is 15.3. The van der Waals surface area contributed by atoms with Crippen LogP contribution in [-0.4, -0.2) is 39.1 Å². The zero-order valence-electron chi connectivity index (χ0n) is 44.2. The molecule has 5 aliphatic rings. The lowest BCUT2D eigenvalue weighted by atomic mass is 9.74. The van der Waals surface area contributed by atoms with Gasteiger partial charge < -0.3 is 47.4 Å². The number of esters is 2. The van der Waals surface area contributed by atoms with E-state index in [0.29, 0.717) is 44.8 Å². The van der Waals surface area contributed by atoms with Crippen LogP contribution in [0.3, 0.4) is 0 Å². The quantitative estimate of drug-likeness (QED) is 0.0422. The fourth-order valence-electron chi connectivity index (χ4n) is 12.2. The predicted octanol–water partition coefficient (Wildman–Crippen LogP) is 15.7. The first-order chi connectivity index (χ1) is 36.2. The molecule has 4 aliphatic heterocycles. The Labute approximate surface area is 454 Å². The van der Waals surface area contributed by atoms with E-state index in [2.05, 4.69) is 83.8 Å². The van der Waals surface area contributed by atoms with Gasteiger partial charge in [0.15, 0.2) is 0 Å². The summed E-state index contributed by atoms with van der Waals surface area (Å²) in [5, 5.41) is 0.938. The van der Waals surface area contributed by atoms with Gasteiger partial charge in [0.1, 0.15) is 59.2 Å². The van der Waals surface area contributed by atoms with E-state index in [1.54, 1.807) is 0 Å². The fraction of sp³-hybridized carbons (Fsp3) is 0.567. The van der Waals surface area contributed by atoms with E-state index < -0.39 is 11.9 Å². The van der Waals surface area contributed by atoms with E-state index >= 15 is 0 Å². The first kappa shape index (κ1) is 54.0. The van der Waals surface area contributed by atoms with Gasteiger partial charge in [0.25, 0.3) is 0 Å². The van der Waals surface area contributed by atoms with Gasteiger partial charge in [-0.25, -0.2) is 0 Å². The second-order valence-corrected chi connectivity index (χ2v) is 21.5. The molecule has 4 heterocycles.